The molecule has 0 bridgehead atoms. The maximum atomic E-state index is 11.4. The highest BCUT2D eigenvalue weighted by atomic mass is 35.5. The van der Waals surface area contributed by atoms with E-state index >= 15 is 0 Å². The van der Waals surface area contributed by atoms with Gasteiger partial charge in [0.2, 0.25) is 10.0 Å². The first-order chi connectivity index (χ1) is 11.7. The van der Waals surface area contributed by atoms with Crippen LogP contribution in [0.4, 0.5) is 0 Å². The van der Waals surface area contributed by atoms with Gasteiger partial charge in [-0.05, 0) is 41.3 Å². The maximum Gasteiger partial charge on any atom is 0.238 e. The Balaban J connectivity index is 1.69. The SMILES string of the molecule is CC1(C)[C@@H](c2ccc(S(N)(=O)=O)cc2)[C@@H]1c1nc2cc(Cl)ccc2o1. The Morgan fingerprint density at radius 1 is 1.12 bits per heavy atom. The lowest BCUT2D eigenvalue weighted by atomic mass is 10.0. The Hall–Kier alpha value is -1.89. The summed E-state index contributed by atoms with van der Waals surface area (Å²) in [5, 5.41) is 5.78. The topological polar surface area (TPSA) is 86.2 Å². The normalized spacial score (nSPS) is 22.2. The molecule has 3 aromatic rings. The molecule has 1 aliphatic carbocycles. The number of sulfonamides is 1. The van der Waals surface area contributed by atoms with Crippen LogP contribution in [-0.2, 0) is 10.0 Å². The Labute approximate surface area is 150 Å². The van der Waals surface area contributed by atoms with Gasteiger partial charge in [0.15, 0.2) is 11.5 Å². The minimum atomic E-state index is -3.68. The van der Waals surface area contributed by atoms with E-state index in [-0.39, 0.29) is 22.1 Å². The van der Waals surface area contributed by atoms with Crippen LogP contribution in [0.3, 0.4) is 0 Å². The molecule has 0 unspecified atom stereocenters. The van der Waals surface area contributed by atoms with Gasteiger partial charge < -0.3 is 4.42 Å². The van der Waals surface area contributed by atoms with Crippen LogP contribution in [0, 0.1) is 5.41 Å². The van der Waals surface area contributed by atoms with Crippen LogP contribution in [0.2, 0.25) is 5.02 Å². The monoisotopic (exact) mass is 376 g/mol. The molecule has 25 heavy (non-hydrogen) atoms. The summed E-state index contributed by atoms with van der Waals surface area (Å²) in [4.78, 5) is 4.71. The highest BCUT2D eigenvalue weighted by Gasteiger charge is 2.61. The van der Waals surface area contributed by atoms with Crippen molar-refractivity contribution in [2.24, 2.45) is 10.6 Å². The molecule has 1 saturated carbocycles. The smallest absolute Gasteiger partial charge is 0.238 e. The third kappa shape index (κ3) is 2.74. The minimum absolute atomic E-state index is 0.0340. The van der Waals surface area contributed by atoms with Gasteiger partial charge in [-0.3, -0.25) is 0 Å². The number of rotatable bonds is 3. The number of aromatic nitrogens is 1. The van der Waals surface area contributed by atoms with Gasteiger partial charge >= 0.3 is 0 Å². The molecule has 0 aliphatic heterocycles. The second-order valence-electron chi connectivity index (χ2n) is 7.05. The lowest BCUT2D eigenvalue weighted by Crippen LogP contribution is -2.11. The molecule has 0 amide bonds. The van der Waals surface area contributed by atoms with E-state index < -0.39 is 10.0 Å². The number of benzene rings is 2. The van der Waals surface area contributed by atoms with Gasteiger partial charge in [0, 0.05) is 16.9 Å². The fourth-order valence-corrected chi connectivity index (χ4v) is 4.32. The van der Waals surface area contributed by atoms with Gasteiger partial charge in [0.05, 0.1) is 4.90 Å². The van der Waals surface area contributed by atoms with Crippen LogP contribution in [0.15, 0.2) is 51.8 Å². The lowest BCUT2D eigenvalue weighted by molar-refractivity contribution is 0.493. The number of nitrogens with zero attached hydrogens (tertiary/aromatic N) is 1. The van der Waals surface area contributed by atoms with E-state index in [0.29, 0.717) is 16.5 Å². The van der Waals surface area contributed by atoms with E-state index in [0.717, 1.165) is 11.1 Å². The van der Waals surface area contributed by atoms with Crippen LogP contribution in [-0.4, -0.2) is 13.4 Å². The number of halogens is 1. The van der Waals surface area contributed by atoms with Crippen molar-refractivity contribution in [3.05, 3.63) is 58.9 Å². The molecule has 2 aromatic carbocycles. The summed E-state index contributed by atoms with van der Waals surface area (Å²) in [6.07, 6.45) is 0. The van der Waals surface area contributed by atoms with E-state index in [9.17, 15) is 8.42 Å². The second kappa shape index (κ2) is 5.30. The third-order valence-electron chi connectivity index (χ3n) is 5.03. The molecular formula is C18H17ClN2O3S. The van der Waals surface area contributed by atoms with E-state index in [1.807, 2.05) is 18.2 Å². The molecule has 0 radical (unpaired) electrons. The average molecular weight is 377 g/mol. The summed E-state index contributed by atoms with van der Waals surface area (Å²) >= 11 is 6.01. The zero-order chi connectivity index (χ0) is 18.0. The van der Waals surface area contributed by atoms with Crippen molar-refractivity contribution in [2.45, 2.75) is 30.6 Å². The largest absolute Gasteiger partial charge is 0.440 e. The molecule has 4 rings (SSSR count). The highest BCUT2D eigenvalue weighted by molar-refractivity contribution is 7.89. The summed E-state index contributed by atoms with van der Waals surface area (Å²) in [5.74, 6) is 1.01. The number of nitrogens with two attached hydrogens (primary N) is 1. The summed E-state index contributed by atoms with van der Waals surface area (Å²) < 4.78 is 28.8. The Kier molecular flexibility index (Phi) is 3.51. The molecule has 1 aliphatic rings. The van der Waals surface area contributed by atoms with Crippen molar-refractivity contribution in [1.29, 1.82) is 0 Å². The standard InChI is InChI=1S/C18H17ClN2O3S/c1-18(2)15(10-3-6-12(7-4-10)25(20,22)23)16(18)17-21-13-9-11(19)5-8-14(13)24-17/h3-9,15-16H,1-2H3,(H2,20,22,23)/t15-,16+/m0/s1. The van der Waals surface area contributed by atoms with E-state index in [1.165, 1.54) is 0 Å². The summed E-state index contributed by atoms with van der Waals surface area (Å²) in [6.45, 7) is 4.30. The van der Waals surface area contributed by atoms with Crippen molar-refractivity contribution in [3.63, 3.8) is 0 Å². The Morgan fingerprint density at radius 3 is 2.44 bits per heavy atom. The molecule has 2 N–H and O–H groups in total. The fraction of sp³-hybridized carbons (Fsp3) is 0.278. The summed E-state index contributed by atoms with van der Waals surface area (Å²) in [5.41, 5.74) is 2.47. The zero-order valence-electron chi connectivity index (χ0n) is 13.7. The molecule has 2 atom stereocenters. The van der Waals surface area contributed by atoms with E-state index in [1.54, 1.807) is 24.3 Å². The lowest BCUT2D eigenvalue weighted by Gasteiger charge is -2.04. The van der Waals surface area contributed by atoms with Crippen molar-refractivity contribution < 1.29 is 12.8 Å². The molecule has 0 saturated heterocycles. The van der Waals surface area contributed by atoms with Crippen LogP contribution < -0.4 is 5.14 Å². The fourth-order valence-electron chi connectivity index (χ4n) is 3.64. The van der Waals surface area contributed by atoms with Gasteiger partial charge in [-0.2, -0.15) is 0 Å². The Morgan fingerprint density at radius 2 is 1.80 bits per heavy atom. The molecule has 1 heterocycles. The molecule has 5 nitrogen and oxygen atoms in total. The quantitative estimate of drug-likeness (QED) is 0.747. The first-order valence-electron chi connectivity index (χ1n) is 7.87. The van der Waals surface area contributed by atoms with Gasteiger partial charge in [-0.1, -0.05) is 37.6 Å². The number of fused-ring (bicyclic) bond motifs is 1. The molecule has 0 spiro atoms. The summed E-state index contributed by atoms with van der Waals surface area (Å²) in [6, 6.07) is 12.1. The van der Waals surface area contributed by atoms with E-state index in [2.05, 4.69) is 18.8 Å². The number of hydrogen-bond donors (Lipinski definition) is 1. The van der Waals surface area contributed by atoms with Crippen molar-refractivity contribution in [3.8, 4) is 0 Å². The maximum absolute atomic E-state index is 11.4. The van der Waals surface area contributed by atoms with E-state index in [4.69, 9.17) is 21.2 Å². The molecule has 1 fully saturated rings. The molecule has 7 heteroatoms. The summed E-state index contributed by atoms with van der Waals surface area (Å²) in [7, 11) is -3.68. The third-order valence-corrected chi connectivity index (χ3v) is 6.19. The predicted octanol–water partition coefficient (Wildman–Crippen LogP) is 4.04. The highest BCUT2D eigenvalue weighted by Crippen LogP contribution is 2.69. The van der Waals surface area contributed by atoms with Crippen molar-refractivity contribution in [2.75, 3.05) is 0 Å². The van der Waals surface area contributed by atoms with Crippen LogP contribution >= 0.6 is 11.6 Å². The number of oxazole rings is 1. The van der Waals surface area contributed by atoms with Crippen LogP contribution in [0.1, 0.15) is 37.1 Å². The molecule has 130 valence electrons. The predicted molar refractivity (Wildman–Crippen MR) is 96.1 cm³/mol. The first kappa shape index (κ1) is 16.6. The molecule has 1 aromatic heterocycles. The van der Waals surface area contributed by atoms with Crippen molar-refractivity contribution in [1.82, 2.24) is 4.98 Å². The number of hydrogen-bond acceptors (Lipinski definition) is 4. The average Bonchev–Trinajstić information content (AvgIpc) is 2.89. The minimum Gasteiger partial charge on any atom is -0.440 e. The van der Waals surface area contributed by atoms with Gasteiger partial charge in [-0.15, -0.1) is 0 Å². The van der Waals surface area contributed by atoms with Gasteiger partial charge in [0.1, 0.15) is 5.52 Å². The Bertz CT molecular complexity index is 1070. The van der Waals surface area contributed by atoms with Crippen molar-refractivity contribution >= 4 is 32.7 Å². The van der Waals surface area contributed by atoms with Gasteiger partial charge in [-0.25, -0.2) is 18.5 Å². The zero-order valence-corrected chi connectivity index (χ0v) is 15.3. The second-order valence-corrected chi connectivity index (χ2v) is 9.05. The number of primary sulfonamides is 1. The van der Waals surface area contributed by atoms with Crippen LogP contribution in [0.5, 0.6) is 0 Å². The molecular weight excluding hydrogens is 360 g/mol. The van der Waals surface area contributed by atoms with Gasteiger partial charge in [0.25, 0.3) is 0 Å². The first-order valence-corrected chi connectivity index (χ1v) is 9.79. The van der Waals surface area contributed by atoms with Crippen LogP contribution in [0.25, 0.3) is 11.1 Å².